The fourth-order valence-corrected chi connectivity index (χ4v) is 6.39. The van der Waals surface area contributed by atoms with Crippen LogP contribution in [0.3, 0.4) is 0 Å². The van der Waals surface area contributed by atoms with Gasteiger partial charge < -0.3 is 0 Å². The zero-order valence-corrected chi connectivity index (χ0v) is 21.3. The monoisotopic (exact) mass is 786 g/mol. The summed E-state index contributed by atoms with van der Waals surface area (Å²) in [4.78, 5) is 0. The van der Waals surface area contributed by atoms with E-state index in [9.17, 15) is 0 Å². The summed E-state index contributed by atoms with van der Waals surface area (Å²) in [6.45, 7) is 1.94. The Balaban J connectivity index is 5.38. The largest absolute Gasteiger partial charge is 0.162 e. The molecule has 0 N–H and O–H groups in total. The molecule has 0 aliphatic rings. The fourth-order valence-electron chi connectivity index (χ4n) is 0.569. The molecule has 0 aromatic carbocycles. The van der Waals surface area contributed by atoms with E-state index in [2.05, 4.69) is 143 Å². The van der Waals surface area contributed by atoms with Crippen molar-refractivity contribution in [2.75, 3.05) is 0 Å². The van der Waals surface area contributed by atoms with E-state index in [1.54, 1.807) is 0 Å². The lowest BCUT2D eigenvalue weighted by Gasteiger charge is -2.46. The van der Waals surface area contributed by atoms with Crippen LogP contribution in [0.4, 0.5) is 0 Å². The van der Waals surface area contributed by atoms with Gasteiger partial charge in [0.1, 0.15) is 9.70 Å². The molecule has 0 bridgehead atoms. The molecule has 0 aromatic rings. The van der Waals surface area contributed by atoms with Gasteiger partial charge in [-0.05, 0) is 6.42 Å². The predicted octanol–water partition coefficient (Wildman–Crippen LogP) is 7.51. The maximum Gasteiger partial charge on any atom is 0.162 e. The first kappa shape index (κ1) is 19.3. The third kappa shape index (κ3) is 4.14. The molecule has 1 radical (unpaired) electrons. The first-order valence-electron chi connectivity index (χ1n) is 3.32. The average molecular weight is 795 g/mol. The number of hydrogen-bond donors (Lipinski definition) is 0. The highest BCUT2D eigenvalue weighted by Gasteiger charge is 2.63. The van der Waals surface area contributed by atoms with Gasteiger partial charge in [-0.2, -0.15) is 0 Å². The van der Waals surface area contributed by atoms with Gasteiger partial charge in [0, 0.05) is 0 Å². The van der Waals surface area contributed by atoms with Crippen molar-refractivity contribution in [3.05, 3.63) is 6.42 Å². The zero-order valence-electron chi connectivity index (χ0n) is 6.98. The molecule has 0 fully saturated rings. The molecule has 0 saturated carbocycles. The van der Waals surface area contributed by atoms with Gasteiger partial charge in [-0.15, -0.1) is 0 Å². The van der Waals surface area contributed by atoms with Crippen LogP contribution in [-0.4, -0.2) is 11.8 Å². The zero-order chi connectivity index (χ0) is 12.7. The molecule has 0 aromatic heterocycles. The lowest BCUT2D eigenvalue weighted by Crippen LogP contribution is -2.53. The number of alkyl halides is 9. The standard InChI is InChI=1S/C6H4Br9/c1-2-3(7,8)4(9,10)5(11,12)6(13,14)15/h2H,1H3. The molecule has 0 atom stereocenters. The molecular formula is C6H4Br9. The Hall–Kier alpha value is 4.32. The topological polar surface area (TPSA) is 0 Å². The molecule has 0 nitrogen and oxygen atoms in total. The molecular weight excluding hydrogens is 791 g/mol. The lowest BCUT2D eigenvalue weighted by molar-refractivity contribution is 0.757. The molecule has 0 saturated heterocycles. The van der Waals surface area contributed by atoms with Crippen molar-refractivity contribution in [2.45, 2.75) is 18.8 Å². The van der Waals surface area contributed by atoms with E-state index < -0.39 is 11.8 Å². The Morgan fingerprint density at radius 1 is 0.667 bits per heavy atom. The predicted molar refractivity (Wildman–Crippen MR) is 101 cm³/mol. The highest BCUT2D eigenvalue weighted by Crippen LogP contribution is 2.68. The molecule has 0 heterocycles. The second kappa shape index (κ2) is 6.39. The fraction of sp³-hybridized carbons (Fsp3) is 0.833. The van der Waals surface area contributed by atoms with Gasteiger partial charge in [0.25, 0.3) is 0 Å². The summed E-state index contributed by atoms with van der Waals surface area (Å²) < 4.78 is -2.21. The minimum Gasteiger partial charge on any atom is -0.0698 e. The quantitative estimate of drug-likeness (QED) is 0.260. The highest BCUT2D eigenvalue weighted by atomic mass is 80.0. The highest BCUT2D eigenvalue weighted by molar-refractivity contribution is 9.42. The number of hydrogen-bond acceptors (Lipinski definition) is 0. The van der Waals surface area contributed by atoms with E-state index in [0.29, 0.717) is 0 Å². The van der Waals surface area contributed by atoms with Crippen molar-refractivity contribution in [2.24, 2.45) is 0 Å². The molecule has 0 amide bonds. The van der Waals surface area contributed by atoms with E-state index >= 15 is 0 Å². The first-order chi connectivity index (χ1) is 6.31. The Morgan fingerprint density at radius 3 is 1.20 bits per heavy atom. The summed E-state index contributed by atoms with van der Waals surface area (Å²) in [7, 11) is 0. The van der Waals surface area contributed by atoms with Crippen LogP contribution in [0.5, 0.6) is 0 Å². The minimum atomic E-state index is -0.598. The number of halogens is 9. The molecule has 0 spiro atoms. The van der Waals surface area contributed by atoms with Crippen LogP contribution in [0.2, 0.25) is 0 Å². The molecule has 0 rings (SSSR count). The normalized spacial score (nSPS) is 15.6. The maximum atomic E-state index is 3.63. The Labute approximate surface area is 165 Å². The average Bonchev–Trinajstić information content (AvgIpc) is 2.01. The molecule has 0 aliphatic heterocycles. The summed E-state index contributed by atoms with van der Waals surface area (Å²) in [6.07, 6.45) is 1.96. The van der Waals surface area contributed by atoms with Crippen LogP contribution >= 0.6 is 143 Å². The Kier molecular flexibility index (Phi) is 8.23. The van der Waals surface area contributed by atoms with E-state index in [-0.39, 0.29) is 0 Å². The van der Waals surface area contributed by atoms with Gasteiger partial charge in [0.2, 0.25) is 0 Å². The molecule has 91 valence electrons. The Morgan fingerprint density at radius 2 is 1.00 bits per heavy atom. The third-order valence-corrected chi connectivity index (χ3v) is 17.7. The van der Waals surface area contributed by atoms with E-state index in [1.165, 1.54) is 0 Å². The van der Waals surface area contributed by atoms with Gasteiger partial charge in [-0.25, -0.2) is 0 Å². The minimum absolute atomic E-state index is 0.472. The SMILES string of the molecule is C[CH]C(Br)(Br)C(Br)(Br)C(Br)(Br)C(Br)(Br)Br. The molecule has 9 heteroatoms. The van der Waals surface area contributed by atoms with Crippen molar-refractivity contribution in [3.8, 4) is 0 Å². The molecule has 15 heavy (non-hydrogen) atoms. The lowest BCUT2D eigenvalue weighted by atomic mass is 10.2. The van der Waals surface area contributed by atoms with E-state index in [0.717, 1.165) is 0 Å². The number of rotatable bonds is 3. The van der Waals surface area contributed by atoms with Gasteiger partial charge in [0.15, 0.2) is 2.14 Å². The van der Waals surface area contributed by atoms with Gasteiger partial charge in [-0.3, -0.25) is 0 Å². The summed E-state index contributed by atoms with van der Waals surface area (Å²) in [5, 5.41) is 0. The van der Waals surface area contributed by atoms with Crippen LogP contribution in [0, 0.1) is 6.42 Å². The van der Waals surface area contributed by atoms with E-state index in [4.69, 9.17) is 0 Å². The Bertz CT molecular complexity index is 225. The smallest absolute Gasteiger partial charge is 0.0698 e. The van der Waals surface area contributed by atoms with Crippen LogP contribution in [0.15, 0.2) is 0 Å². The maximum absolute atomic E-state index is 3.63. The van der Waals surface area contributed by atoms with Crippen molar-refractivity contribution >= 4 is 143 Å². The van der Waals surface area contributed by atoms with Crippen molar-refractivity contribution in [3.63, 3.8) is 0 Å². The van der Waals surface area contributed by atoms with E-state index in [1.807, 2.05) is 13.3 Å². The van der Waals surface area contributed by atoms with Crippen LogP contribution in [-0.2, 0) is 0 Å². The van der Waals surface area contributed by atoms with Gasteiger partial charge >= 0.3 is 0 Å². The van der Waals surface area contributed by atoms with Gasteiger partial charge in [-0.1, -0.05) is 150 Å². The summed E-state index contributed by atoms with van der Waals surface area (Å²) in [5.41, 5.74) is 0. The summed E-state index contributed by atoms with van der Waals surface area (Å²) >= 11 is 32.1. The van der Waals surface area contributed by atoms with Crippen molar-refractivity contribution in [1.82, 2.24) is 0 Å². The second-order valence-corrected chi connectivity index (χ2v) is 19.8. The third-order valence-electron chi connectivity index (χ3n) is 1.53. The summed E-state index contributed by atoms with van der Waals surface area (Å²) in [6, 6.07) is 0. The van der Waals surface area contributed by atoms with Crippen LogP contribution in [0.25, 0.3) is 0 Å². The first-order valence-corrected chi connectivity index (χ1v) is 10.5. The molecule has 0 unspecified atom stereocenters. The van der Waals surface area contributed by atoms with Crippen molar-refractivity contribution < 1.29 is 0 Å². The van der Waals surface area contributed by atoms with Gasteiger partial charge in [0.05, 0.1) is 0 Å². The molecule has 0 aliphatic carbocycles. The second-order valence-electron chi connectivity index (χ2n) is 2.56. The van der Waals surface area contributed by atoms with Crippen molar-refractivity contribution in [1.29, 1.82) is 0 Å². The summed E-state index contributed by atoms with van der Waals surface area (Å²) in [5.74, 6) is 0. The van der Waals surface area contributed by atoms with Crippen LogP contribution < -0.4 is 0 Å². The van der Waals surface area contributed by atoms with Crippen LogP contribution in [0.1, 0.15) is 6.92 Å².